The maximum absolute atomic E-state index is 5.35. The molecule has 7 nitrogen and oxygen atoms in total. The van der Waals surface area contributed by atoms with Gasteiger partial charge in [0, 0.05) is 54.0 Å². The molecule has 2 N–H and O–H groups in total. The molecule has 0 aliphatic heterocycles. The molecule has 28 heavy (non-hydrogen) atoms. The lowest BCUT2D eigenvalue weighted by molar-refractivity contribution is 0.395. The predicted octanol–water partition coefficient (Wildman–Crippen LogP) is 4.51. The lowest BCUT2D eigenvalue weighted by atomic mass is 10.2. The van der Waals surface area contributed by atoms with Crippen LogP contribution in [0.15, 0.2) is 48.8 Å². The minimum Gasteiger partial charge on any atom is -0.497 e. The zero-order valence-electron chi connectivity index (χ0n) is 16.6. The van der Waals surface area contributed by atoms with Gasteiger partial charge >= 0.3 is 0 Å². The molecule has 0 radical (unpaired) electrons. The molecule has 0 aliphatic carbocycles. The van der Waals surface area contributed by atoms with E-state index in [4.69, 9.17) is 9.47 Å². The van der Waals surface area contributed by atoms with Crippen LogP contribution >= 0.6 is 0 Å². The van der Waals surface area contributed by atoms with Crippen molar-refractivity contribution in [2.45, 2.75) is 26.3 Å². The van der Waals surface area contributed by atoms with E-state index >= 15 is 0 Å². The first-order chi connectivity index (χ1) is 13.6. The smallest absolute Gasteiger partial charge is 0.225 e. The van der Waals surface area contributed by atoms with Crippen molar-refractivity contribution < 1.29 is 9.47 Å². The van der Waals surface area contributed by atoms with E-state index in [1.165, 1.54) is 0 Å². The number of ether oxygens (including phenoxy) is 2. The normalized spacial score (nSPS) is 11.6. The molecule has 2 heterocycles. The molecule has 0 saturated carbocycles. The van der Waals surface area contributed by atoms with E-state index < -0.39 is 0 Å². The second-order valence-corrected chi connectivity index (χ2v) is 6.38. The van der Waals surface area contributed by atoms with Gasteiger partial charge in [-0.25, -0.2) is 4.98 Å². The summed E-state index contributed by atoms with van der Waals surface area (Å²) in [7, 11) is 3.25. The molecule has 1 atom stereocenters. The maximum atomic E-state index is 5.35. The van der Waals surface area contributed by atoms with E-state index in [0.717, 1.165) is 23.4 Å². The van der Waals surface area contributed by atoms with Crippen LogP contribution < -0.4 is 20.1 Å². The first-order valence-corrected chi connectivity index (χ1v) is 9.17. The fraction of sp³-hybridized carbons (Fsp3) is 0.286. The quantitative estimate of drug-likeness (QED) is 0.596. The lowest BCUT2D eigenvalue weighted by Gasteiger charge is -2.15. The highest BCUT2D eigenvalue weighted by molar-refractivity contribution is 5.68. The second-order valence-electron chi connectivity index (χ2n) is 6.38. The number of rotatable bonds is 8. The van der Waals surface area contributed by atoms with E-state index in [0.29, 0.717) is 23.3 Å². The largest absolute Gasteiger partial charge is 0.497 e. The molecule has 0 unspecified atom stereocenters. The van der Waals surface area contributed by atoms with Gasteiger partial charge < -0.3 is 20.1 Å². The van der Waals surface area contributed by atoms with Crippen LogP contribution in [0.25, 0.3) is 11.3 Å². The van der Waals surface area contributed by atoms with Gasteiger partial charge in [0.2, 0.25) is 5.95 Å². The van der Waals surface area contributed by atoms with Crippen LogP contribution in [0.3, 0.4) is 0 Å². The lowest BCUT2D eigenvalue weighted by Crippen LogP contribution is -2.16. The van der Waals surface area contributed by atoms with Crippen molar-refractivity contribution in [3.8, 4) is 22.8 Å². The number of hydrogen-bond donors (Lipinski definition) is 2. The van der Waals surface area contributed by atoms with Gasteiger partial charge in [-0.1, -0.05) is 6.92 Å². The minimum atomic E-state index is 0.262. The fourth-order valence-electron chi connectivity index (χ4n) is 2.60. The van der Waals surface area contributed by atoms with E-state index in [1.807, 2.05) is 36.4 Å². The molecule has 146 valence electrons. The number of anilines is 3. The predicted molar refractivity (Wildman–Crippen MR) is 111 cm³/mol. The molecular weight excluding hydrogens is 354 g/mol. The number of nitrogens with one attached hydrogen (secondary N) is 2. The zero-order valence-corrected chi connectivity index (χ0v) is 16.6. The maximum Gasteiger partial charge on any atom is 0.225 e. The summed E-state index contributed by atoms with van der Waals surface area (Å²) < 4.78 is 10.7. The molecule has 3 aromatic rings. The SMILES string of the molecule is CC[C@@H](C)Nc1nc(Nc2cc(OC)cc(OC)c2)cc(-c2ccncc2)n1. The van der Waals surface area contributed by atoms with Gasteiger partial charge in [-0.05, 0) is 25.5 Å². The van der Waals surface area contributed by atoms with Crippen molar-refractivity contribution in [3.63, 3.8) is 0 Å². The second kappa shape index (κ2) is 9.03. The summed E-state index contributed by atoms with van der Waals surface area (Å²) in [4.78, 5) is 13.4. The molecule has 0 bridgehead atoms. The molecular formula is C21H25N5O2. The Hall–Kier alpha value is -3.35. The van der Waals surface area contributed by atoms with Crippen LogP contribution in [0.2, 0.25) is 0 Å². The monoisotopic (exact) mass is 379 g/mol. The molecule has 0 aliphatic rings. The Morgan fingerprint density at radius 1 is 0.964 bits per heavy atom. The number of pyridine rings is 1. The molecule has 7 heteroatoms. The van der Waals surface area contributed by atoms with Gasteiger partial charge in [0.15, 0.2) is 0 Å². The highest BCUT2D eigenvalue weighted by atomic mass is 16.5. The van der Waals surface area contributed by atoms with Gasteiger partial charge in [0.1, 0.15) is 17.3 Å². The third kappa shape index (κ3) is 4.88. The summed E-state index contributed by atoms with van der Waals surface area (Å²) >= 11 is 0. The molecule has 0 fully saturated rings. The minimum absolute atomic E-state index is 0.262. The third-order valence-corrected chi connectivity index (χ3v) is 4.31. The van der Waals surface area contributed by atoms with E-state index in [2.05, 4.69) is 39.4 Å². The molecule has 0 spiro atoms. The summed E-state index contributed by atoms with van der Waals surface area (Å²) in [6.45, 7) is 4.22. The standard InChI is InChI=1S/C21H25N5O2/c1-5-14(2)23-21-25-19(15-6-8-22-9-7-15)13-20(26-21)24-16-10-17(27-3)12-18(11-16)28-4/h6-14H,5H2,1-4H3,(H2,23,24,25,26)/t14-/m1/s1. The highest BCUT2D eigenvalue weighted by Crippen LogP contribution is 2.29. The van der Waals surface area contributed by atoms with Crippen LogP contribution in [0, 0.1) is 0 Å². The summed E-state index contributed by atoms with van der Waals surface area (Å²) in [5.41, 5.74) is 2.58. The summed E-state index contributed by atoms with van der Waals surface area (Å²) in [6.07, 6.45) is 4.47. The van der Waals surface area contributed by atoms with Gasteiger partial charge in [-0.2, -0.15) is 4.98 Å². The van der Waals surface area contributed by atoms with Gasteiger partial charge in [0.05, 0.1) is 19.9 Å². The molecule has 3 rings (SSSR count). The number of benzene rings is 1. The van der Waals surface area contributed by atoms with Crippen LogP contribution in [-0.4, -0.2) is 35.2 Å². The number of methoxy groups -OCH3 is 2. The first kappa shape index (κ1) is 19.4. The Morgan fingerprint density at radius 2 is 1.64 bits per heavy atom. The van der Waals surface area contributed by atoms with Gasteiger partial charge in [-0.15, -0.1) is 0 Å². The van der Waals surface area contributed by atoms with E-state index in [1.54, 1.807) is 26.6 Å². The Balaban J connectivity index is 1.98. The Kier molecular flexibility index (Phi) is 6.26. The zero-order chi connectivity index (χ0) is 19.9. The van der Waals surface area contributed by atoms with Crippen molar-refractivity contribution in [2.75, 3.05) is 24.9 Å². The average Bonchev–Trinajstić information content (AvgIpc) is 2.73. The number of hydrogen-bond acceptors (Lipinski definition) is 7. The van der Waals surface area contributed by atoms with Crippen molar-refractivity contribution in [1.82, 2.24) is 15.0 Å². The summed E-state index contributed by atoms with van der Waals surface area (Å²) in [6, 6.07) is 11.6. The van der Waals surface area contributed by atoms with Crippen LogP contribution in [0.1, 0.15) is 20.3 Å². The summed E-state index contributed by atoms with van der Waals surface area (Å²) in [5.74, 6) is 2.63. The van der Waals surface area contributed by atoms with Crippen molar-refractivity contribution >= 4 is 17.5 Å². The van der Waals surface area contributed by atoms with Crippen LogP contribution in [-0.2, 0) is 0 Å². The van der Waals surface area contributed by atoms with Crippen molar-refractivity contribution in [3.05, 3.63) is 48.8 Å². The topological polar surface area (TPSA) is 81.2 Å². The first-order valence-electron chi connectivity index (χ1n) is 9.17. The van der Waals surface area contributed by atoms with Crippen molar-refractivity contribution in [2.24, 2.45) is 0 Å². The van der Waals surface area contributed by atoms with Crippen LogP contribution in [0.5, 0.6) is 11.5 Å². The van der Waals surface area contributed by atoms with E-state index in [9.17, 15) is 0 Å². The Bertz CT molecular complexity index is 896. The van der Waals surface area contributed by atoms with Crippen LogP contribution in [0.4, 0.5) is 17.5 Å². The number of nitrogens with zero attached hydrogens (tertiary/aromatic N) is 3. The van der Waals surface area contributed by atoms with Gasteiger partial charge in [0.25, 0.3) is 0 Å². The summed E-state index contributed by atoms with van der Waals surface area (Å²) in [5, 5.41) is 6.67. The highest BCUT2D eigenvalue weighted by Gasteiger charge is 2.10. The molecule has 0 amide bonds. The molecule has 1 aromatic carbocycles. The third-order valence-electron chi connectivity index (χ3n) is 4.31. The average molecular weight is 379 g/mol. The number of aromatic nitrogens is 3. The fourth-order valence-corrected chi connectivity index (χ4v) is 2.60. The van der Waals surface area contributed by atoms with Gasteiger partial charge in [-0.3, -0.25) is 4.98 Å². The Labute approximate surface area is 165 Å². The Morgan fingerprint density at radius 3 is 2.25 bits per heavy atom. The van der Waals surface area contributed by atoms with Crippen molar-refractivity contribution in [1.29, 1.82) is 0 Å². The molecule has 0 saturated heterocycles. The molecule has 2 aromatic heterocycles. The van der Waals surface area contributed by atoms with E-state index in [-0.39, 0.29) is 6.04 Å².